The van der Waals surface area contributed by atoms with E-state index >= 15 is 0 Å². The second-order valence-corrected chi connectivity index (χ2v) is 10.1. The molecule has 156 valence electrons. The summed E-state index contributed by atoms with van der Waals surface area (Å²) in [5.41, 5.74) is 3.52. The second-order valence-electron chi connectivity index (χ2n) is 7.05. The molecule has 0 aliphatic rings. The number of fused-ring (bicyclic) bond motifs is 1. The van der Waals surface area contributed by atoms with Crippen LogP contribution in [0.1, 0.15) is 39.1 Å². The summed E-state index contributed by atoms with van der Waals surface area (Å²) in [6.07, 6.45) is 1.76. The average molecular weight is 459 g/mol. The Labute approximate surface area is 186 Å². The summed E-state index contributed by atoms with van der Waals surface area (Å²) in [5, 5.41) is 4.07. The lowest BCUT2D eigenvalue weighted by Crippen LogP contribution is -2.22. The Bertz CT molecular complexity index is 1310. The van der Waals surface area contributed by atoms with E-state index in [4.69, 9.17) is 4.98 Å². The molecular weight excluding hydrogens is 436 g/mol. The zero-order valence-corrected chi connectivity index (χ0v) is 19.9. The van der Waals surface area contributed by atoms with E-state index in [2.05, 4.69) is 4.98 Å². The molecular formula is C21H22N4O2S3. The van der Waals surface area contributed by atoms with E-state index < -0.39 is 0 Å². The number of thiophene rings is 1. The fraction of sp³-hybridized carbons (Fsp3) is 0.333. The maximum Gasteiger partial charge on any atom is 0.263 e. The van der Waals surface area contributed by atoms with E-state index in [1.54, 1.807) is 10.8 Å². The monoisotopic (exact) mass is 458 g/mol. The van der Waals surface area contributed by atoms with Gasteiger partial charge in [0.25, 0.3) is 5.56 Å². The molecule has 0 N–H and O–H groups in total. The van der Waals surface area contributed by atoms with Crippen LogP contribution in [0.25, 0.3) is 15.3 Å². The number of nitrogens with zero attached hydrogens (tertiary/aromatic N) is 4. The second kappa shape index (κ2) is 8.13. The molecule has 0 unspecified atom stereocenters. The van der Waals surface area contributed by atoms with Crippen molar-refractivity contribution in [1.29, 1.82) is 0 Å². The maximum absolute atomic E-state index is 13.0. The van der Waals surface area contributed by atoms with Crippen LogP contribution >= 0.6 is 34.4 Å². The van der Waals surface area contributed by atoms with Gasteiger partial charge in [-0.25, -0.2) is 9.97 Å². The van der Waals surface area contributed by atoms with Crippen LogP contribution in [0.4, 0.5) is 0 Å². The van der Waals surface area contributed by atoms with Gasteiger partial charge in [0, 0.05) is 40.0 Å². The van der Waals surface area contributed by atoms with Gasteiger partial charge in [0.05, 0.1) is 11.1 Å². The summed E-state index contributed by atoms with van der Waals surface area (Å²) in [4.78, 5) is 36.9. The number of Topliss-reactive ketones (excluding diaryl/α,β-unsaturated/α-hetero) is 1. The third-order valence-corrected chi connectivity index (χ3v) is 8.08. The van der Waals surface area contributed by atoms with Crippen molar-refractivity contribution in [3.63, 3.8) is 0 Å². The minimum atomic E-state index is -0.0266. The van der Waals surface area contributed by atoms with Gasteiger partial charge in [0.15, 0.2) is 16.1 Å². The van der Waals surface area contributed by atoms with Crippen molar-refractivity contribution in [3.05, 3.63) is 55.4 Å². The molecule has 0 radical (unpaired) electrons. The van der Waals surface area contributed by atoms with Crippen LogP contribution in [0.3, 0.4) is 0 Å². The lowest BCUT2D eigenvalue weighted by molar-refractivity contribution is 0.102. The zero-order chi connectivity index (χ0) is 21.6. The maximum atomic E-state index is 13.0. The van der Waals surface area contributed by atoms with Crippen molar-refractivity contribution >= 4 is 50.4 Å². The molecule has 4 aromatic rings. The van der Waals surface area contributed by atoms with Gasteiger partial charge in [0.1, 0.15) is 4.83 Å². The Hall–Kier alpha value is -2.23. The number of thioether (sulfide) groups is 1. The largest absolute Gasteiger partial charge is 0.294 e. The summed E-state index contributed by atoms with van der Waals surface area (Å²) in [6, 6.07) is 1.91. The molecule has 0 bridgehead atoms. The van der Waals surface area contributed by atoms with E-state index in [-0.39, 0.29) is 17.1 Å². The summed E-state index contributed by atoms with van der Waals surface area (Å²) in [5.74, 6) is 0.246. The molecule has 4 heterocycles. The first-order valence-corrected chi connectivity index (χ1v) is 12.3. The Morgan fingerprint density at radius 2 is 2.00 bits per heavy atom. The number of aromatic nitrogens is 4. The van der Waals surface area contributed by atoms with E-state index in [0.717, 1.165) is 31.8 Å². The number of aryl methyl sites for hydroxylation is 3. The highest BCUT2D eigenvalue weighted by Crippen LogP contribution is 2.29. The summed E-state index contributed by atoms with van der Waals surface area (Å²) < 4.78 is 3.67. The minimum Gasteiger partial charge on any atom is -0.294 e. The number of carbonyl (C=O) groups is 1. The predicted octanol–water partition coefficient (Wildman–Crippen LogP) is 4.93. The average Bonchev–Trinajstić information content (AvgIpc) is 3.39. The third kappa shape index (κ3) is 3.44. The quantitative estimate of drug-likeness (QED) is 0.233. The summed E-state index contributed by atoms with van der Waals surface area (Å²) >= 11 is 4.40. The molecule has 30 heavy (non-hydrogen) atoms. The smallest absolute Gasteiger partial charge is 0.263 e. The summed E-state index contributed by atoms with van der Waals surface area (Å²) in [6.45, 7) is 10.3. The van der Waals surface area contributed by atoms with Crippen LogP contribution in [0, 0.1) is 27.7 Å². The molecule has 4 aromatic heterocycles. The van der Waals surface area contributed by atoms with Gasteiger partial charge < -0.3 is 0 Å². The first-order valence-electron chi connectivity index (χ1n) is 9.58. The molecule has 6 nitrogen and oxygen atoms in total. The minimum absolute atomic E-state index is 0.0199. The molecule has 0 aromatic carbocycles. The molecule has 0 atom stereocenters. The standard InChI is InChI=1S/C21H22N4O2S3/c1-6-24-19(27)17-12(3)14(5)30-18(17)23-21(24)29-10-16(26)15-9-11(2)25(13(15)4)20-22-7-8-28-20/h7-9H,6,10H2,1-5H3. The fourth-order valence-corrected chi connectivity index (χ4v) is 6.34. The first-order chi connectivity index (χ1) is 14.3. The van der Waals surface area contributed by atoms with Gasteiger partial charge in [-0.15, -0.1) is 22.7 Å². The number of carbonyl (C=O) groups excluding carboxylic acids is 1. The van der Waals surface area contributed by atoms with Crippen LogP contribution in [0.2, 0.25) is 0 Å². The number of thiazole rings is 1. The highest BCUT2D eigenvalue weighted by atomic mass is 32.2. The van der Waals surface area contributed by atoms with Crippen molar-refractivity contribution in [2.24, 2.45) is 0 Å². The Balaban J connectivity index is 1.64. The van der Waals surface area contributed by atoms with E-state index in [0.29, 0.717) is 22.7 Å². The van der Waals surface area contributed by atoms with Crippen LogP contribution in [-0.4, -0.2) is 30.6 Å². The Kier molecular flexibility index (Phi) is 5.69. The van der Waals surface area contributed by atoms with E-state index in [1.165, 1.54) is 34.4 Å². The van der Waals surface area contributed by atoms with Gasteiger partial charge in [0.2, 0.25) is 0 Å². The van der Waals surface area contributed by atoms with E-state index in [1.807, 2.05) is 50.6 Å². The van der Waals surface area contributed by atoms with Crippen molar-refractivity contribution in [1.82, 2.24) is 19.1 Å². The van der Waals surface area contributed by atoms with Gasteiger partial charge in [-0.05, 0) is 46.2 Å². The molecule has 0 spiro atoms. The third-order valence-electron chi connectivity index (χ3n) is 5.24. The van der Waals surface area contributed by atoms with Crippen LogP contribution in [-0.2, 0) is 6.54 Å². The number of rotatable bonds is 6. The highest BCUT2D eigenvalue weighted by molar-refractivity contribution is 7.99. The molecule has 0 amide bonds. The van der Waals surface area contributed by atoms with Gasteiger partial charge in [-0.1, -0.05) is 11.8 Å². The van der Waals surface area contributed by atoms with Gasteiger partial charge in [-0.3, -0.25) is 18.7 Å². The number of ketones is 1. The van der Waals surface area contributed by atoms with Crippen molar-refractivity contribution in [3.8, 4) is 5.13 Å². The normalized spacial score (nSPS) is 11.5. The lowest BCUT2D eigenvalue weighted by Gasteiger charge is -2.10. The molecule has 0 aliphatic carbocycles. The molecule has 4 rings (SSSR count). The molecule has 0 aliphatic heterocycles. The van der Waals surface area contributed by atoms with E-state index in [9.17, 15) is 9.59 Å². The zero-order valence-electron chi connectivity index (χ0n) is 17.5. The number of hydrogen-bond acceptors (Lipinski definition) is 7. The Morgan fingerprint density at radius 1 is 1.23 bits per heavy atom. The van der Waals surface area contributed by atoms with Crippen LogP contribution in [0.15, 0.2) is 27.6 Å². The first kappa shape index (κ1) is 21.0. The topological polar surface area (TPSA) is 69.8 Å². The molecule has 9 heteroatoms. The van der Waals surface area contributed by atoms with Crippen molar-refractivity contribution in [2.45, 2.75) is 46.3 Å². The van der Waals surface area contributed by atoms with Gasteiger partial charge >= 0.3 is 0 Å². The predicted molar refractivity (Wildman–Crippen MR) is 125 cm³/mol. The van der Waals surface area contributed by atoms with Crippen molar-refractivity contribution < 1.29 is 4.79 Å². The van der Waals surface area contributed by atoms with Gasteiger partial charge in [-0.2, -0.15) is 0 Å². The molecule has 0 saturated heterocycles. The summed E-state index contributed by atoms with van der Waals surface area (Å²) in [7, 11) is 0. The van der Waals surface area contributed by atoms with Crippen LogP contribution in [0.5, 0.6) is 0 Å². The number of hydrogen-bond donors (Lipinski definition) is 0. The highest BCUT2D eigenvalue weighted by Gasteiger charge is 2.20. The van der Waals surface area contributed by atoms with Crippen LogP contribution < -0.4 is 5.56 Å². The van der Waals surface area contributed by atoms with Crippen molar-refractivity contribution in [2.75, 3.05) is 5.75 Å². The molecule has 0 saturated carbocycles. The Morgan fingerprint density at radius 3 is 2.67 bits per heavy atom. The lowest BCUT2D eigenvalue weighted by atomic mass is 10.2. The fourth-order valence-electron chi connectivity index (χ4n) is 3.57. The molecule has 0 fully saturated rings. The SMILES string of the molecule is CCn1c(SCC(=O)c2cc(C)n(-c3nccs3)c2C)nc2sc(C)c(C)c2c1=O.